The number of ether oxygens (including phenoxy) is 2. The second-order valence-electron chi connectivity index (χ2n) is 6.72. The van der Waals surface area contributed by atoms with Crippen LogP contribution in [0.1, 0.15) is 31.0 Å². The molecule has 0 saturated heterocycles. The lowest BCUT2D eigenvalue weighted by Gasteiger charge is -2.14. The summed E-state index contributed by atoms with van der Waals surface area (Å²) >= 11 is 0. The van der Waals surface area contributed by atoms with Gasteiger partial charge in [0.15, 0.2) is 0 Å². The largest absolute Gasteiger partial charge is 0.427 e. The Balaban J connectivity index is 1.95. The quantitative estimate of drug-likeness (QED) is 0.163. The van der Waals surface area contributed by atoms with Crippen molar-refractivity contribution >= 4 is 23.3 Å². The lowest BCUT2D eigenvalue weighted by molar-refractivity contribution is -0.384. The first kappa shape index (κ1) is 22.3. The number of hydrogen-bond donors (Lipinski definition) is 0. The van der Waals surface area contributed by atoms with Crippen molar-refractivity contribution in [3.05, 3.63) is 94.0 Å². The minimum absolute atomic E-state index is 0.0885. The molecule has 0 amide bonds. The van der Waals surface area contributed by atoms with E-state index in [4.69, 9.17) is 9.47 Å². The lowest BCUT2D eigenvalue weighted by atomic mass is 9.99. The molecular weight excluding hydrogens is 414 g/mol. The van der Waals surface area contributed by atoms with Gasteiger partial charge in [-0.05, 0) is 41.5 Å². The Bertz CT molecular complexity index is 1100. The molecule has 9 nitrogen and oxygen atoms in total. The summed E-state index contributed by atoms with van der Waals surface area (Å²) in [6.07, 6.45) is 0. The highest BCUT2D eigenvalue weighted by Crippen LogP contribution is 2.31. The summed E-state index contributed by atoms with van der Waals surface area (Å²) < 4.78 is 10.1. The highest BCUT2D eigenvalue weighted by atomic mass is 16.6. The summed E-state index contributed by atoms with van der Waals surface area (Å²) in [5.41, 5.74) is 1.73. The third-order valence-electron chi connectivity index (χ3n) is 4.24. The van der Waals surface area contributed by atoms with Crippen LogP contribution in [0.5, 0.6) is 11.5 Å². The van der Waals surface area contributed by atoms with Crippen molar-refractivity contribution in [2.75, 3.05) is 0 Å². The number of carbonyl (C=O) groups is 2. The van der Waals surface area contributed by atoms with Gasteiger partial charge < -0.3 is 9.47 Å². The minimum atomic E-state index is -0.563. The SMILES string of the molecule is CC(=O)Oc1ccc(C(N=Nc2cccc([N+](=O)[O-])c2)c2ccc(OC(C)=O)cc2)cc1. The van der Waals surface area contributed by atoms with Crippen molar-refractivity contribution in [2.24, 2.45) is 10.2 Å². The van der Waals surface area contributed by atoms with Crippen LogP contribution in [0.3, 0.4) is 0 Å². The zero-order valence-electron chi connectivity index (χ0n) is 17.3. The van der Waals surface area contributed by atoms with E-state index in [2.05, 4.69) is 10.2 Å². The molecule has 3 aromatic rings. The van der Waals surface area contributed by atoms with Crippen LogP contribution in [-0.4, -0.2) is 16.9 Å². The minimum Gasteiger partial charge on any atom is -0.427 e. The Morgan fingerprint density at radius 2 is 1.34 bits per heavy atom. The van der Waals surface area contributed by atoms with Gasteiger partial charge in [0.2, 0.25) is 0 Å². The van der Waals surface area contributed by atoms with Crippen LogP contribution < -0.4 is 9.47 Å². The smallest absolute Gasteiger partial charge is 0.308 e. The molecule has 3 aromatic carbocycles. The summed E-state index contributed by atoms with van der Waals surface area (Å²) in [7, 11) is 0. The van der Waals surface area contributed by atoms with Crippen molar-refractivity contribution in [3.8, 4) is 11.5 Å². The molecule has 0 spiro atoms. The van der Waals surface area contributed by atoms with Gasteiger partial charge in [0.05, 0.1) is 10.6 Å². The van der Waals surface area contributed by atoms with E-state index in [1.807, 2.05) is 0 Å². The molecule has 0 aliphatic rings. The lowest BCUT2D eigenvalue weighted by Crippen LogP contribution is -2.03. The molecular formula is C23H19N3O6. The van der Waals surface area contributed by atoms with Crippen molar-refractivity contribution in [3.63, 3.8) is 0 Å². The van der Waals surface area contributed by atoms with E-state index < -0.39 is 22.9 Å². The van der Waals surface area contributed by atoms with Crippen LogP contribution in [0.15, 0.2) is 83.0 Å². The normalized spacial score (nSPS) is 10.8. The fraction of sp³-hybridized carbons (Fsp3) is 0.130. The molecule has 9 heteroatoms. The summed E-state index contributed by atoms with van der Waals surface area (Å²) in [6.45, 7) is 2.63. The predicted molar refractivity (Wildman–Crippen MR) is 115 cm³/mol. The molecule has 0 aliphatic heterocycles. The summed E-state index contributed by atoms with van der Waals surface area (Å²) in [6, 6.07) is 18.8. The standard InChI is InChI=1S/C23H19N3O6/c1-15(27)31-21-10-6-17(7-11-21)23(18-8-12-22(13-9-18)32-16(2)28)25-24-19-4-3-5-20(14-19)26(29)30/h3-14,23H,1-2H3. The zero-order chi connectivity index (χ0) is 23.1. The highest BCUT2D eigenvalue weighted by Gasteiger charge is 2.15. The molecule has 0 bridgehead atoms. The molecule has 0 radical (unpaired) electrons. The molecule has 0 N–H and O–H groups in total. The number of esters is 2. The van der Waals surface area contributed by atoms with E-state index in [0.717, 1.165) is 11.1 Å². The van der Waals surface area contributed by atoms with Gasteiger partial charge in [0, 0.05) is 26.0 Å². The van der Waals surface area contributed by atoms with Gasteiger partial charge in [-0.25, -0.2) is 0 Å². The van der Waals surface area contributed by atoms with Crippen LogP contribution in [0.2, 0.25) is 0 Å². The topological polar surface area (TPSA) is 120 Å². The summed E-state index contributed by atoms with van der Waals surface area (Å²) in [4.78, 5) is 32.8. The molecule has 0 heterocycles. The van der Waals surface area contributed by atoms with Crippen LogP contribution >= 0.6 is 0 Å². The molecule has 162 valence electrons. The maximum absolute atomic E-state index is 11.2. The van der Waals surface area contributed by atoms with Gasteiger partial charge in [-0.3, -0.25) is 19.7 Å². The third-order valence-corrected chi connectivity index (χ3v) is 4.24. The Hall–Kier alpha value is -4.40. The third kappa shape index (κ3) is 6.05. The average molecular weight is 433 g/mol. The van der Waals surface area contributed by atoms with E-state index >= 15 is 0 Å². The number of rotatable bonds is 7. The maximum atomic E-state index is 11.2. The van der Waals surface area contributed by atoms with Gasteiger partial charge in [-0.2, -0.15) is 10.2 Å². The number of azo groups is 1. The van der Waals surface area contributed by atoms with Gasteiger partial charge in [0.25, 0.3) is 5.69 Å². The molecule has 0 aliphatic carbocycles. The number of non-ortho nitro benzene ring substituents is 1. The van der Waals surface area contributed by atoms with Crippen molar-refractivity contribution in [1.29, 1.82) is 0 Å². The first-order valence-electron chi connectivity index (χ1n) is 9.54. The molecule has 0 fully saturated rings. The molecule has 0 saturated carbocycles. The second kappa shape index (κ2) is 10.1. The van der Waals surface area contributed by atoms with Gasteiger partial charge >= 0.3 is 11.9 Å². The zero-order valence-corrected chi connectivity index (χ0v) is 17.3. The fourth-order valence-corrected chi connectivity index (χ4v) is 2.89. The van der Waals surface area contributed by atoms with Gasteiger partial charge in [-0.15, -0.1) is 0 Å². The number of hydrogen-bond acceptors (Lipinski definition) is 8. The number of nitro groups is 1. The number of carbonyl (C=O) groups excluding carboxylic acids is 2. The van der Waals surface area contributed by atoms with Crippen molar-refractivity contribution in [2.45, 2.75) is 19.9 Å². The Morgan fingerprint density at radius 1 is 0.844 bits per heavy atom. The van der Waals surface area contributed by atoms with Crippen molar-refractivity contribution in [1.82, 2.24) is 0 Å². The molecule has 32 heavy (non-hydrogen) atoms. The average Bonchev–Trinajstić information content (AvgIpc) is 2.75. The van der Waals surface area contributed by atoms with E-state index in [9.17, 15) is 19.7 Å². The van der Waals surface area contributed by atoms with E-state index in [-0.39, 0.29) is 5.69 Å². The molecule has 0 atom stereocenters. The van der Waals surface area contributed by atoms with Gasteiger partial charge in [-0.1, -0.05) is 30.3 Å². The van der Waals surface area contributed by atoms with E-state index in [0.29, 0.717) is 17.2 Å². The van der Waals surface area contributed by atoms with Crippen molar-refractivity contribution < 1.29 is 24.0 Å². The maximum Gasteiger partial charge on any atom is 0.308 e. The Morgan fingerprint density at radius 3 is 1.78 bits per heavy atom. The summed E-state index contributed by atoms with van der Waals surface area (Å²) in [5, 5.41) is 19.6. The molecule has 0 aromatic heterocycles. The first-order chi connectivity index (χ1) is 15.3. The predicted octanol–water partition coefficient (Wildman–Crippen LogP) is 5.32. The molecule has 0 unspecified atom stereocenters. The van der Waals surface area contributed by atoms with Gasteiger partial charge in [0.1, 0.15) is 17.5 Å². The number of nitro benzene ring substituents is 1. The van der Waals surface area contributed by atoms with E-state index in [1.165, 1.54) is 32.0 Å². The van der Waals surface area contributed by atoms with Crippen LogP contribution in [-0.2, 0) is 9.59 Å². The van der Waals surface area contributed by atoms with Crippen LogP contribution in [0, 0.1) is 10.1 Å². The van der Waals surface area contributed by atoms with Crippen LogP contribution in [0.4, 0.5) is 11.4 Å². The highest BCUT2D eigenvalue weighted by molar-refractivity contribution is 5.69. The fourth-order valence-electron chi connectivity index (χ4n) is 2.89. The number of nitrogens with zero attached hydrogens (tertiary/aromatic N) is 3. The second-order valence-corrected chi connectivity index (χ2v) is 6.72. The Kier molecular flexibility index (Phi) is 7.02. The monoisotopic (exact) mass is 433 g/mol. The van der Waals surface area contributed by atoms with E-state index in [1.54, 1.807) is 54.6 Å². The first-order valence-corrected chi connectivity index (χ1v) is 9.54. The number of benzene rings is 3. The molecule has 3 rings (SSSR count). The summed E-state index contributed by atoms with van der Waals surface area (Å²) in [5.74, 6) is -0.0805. The van der Waals surface area contributed by atoms with Crippen LogP contribution in [0.25, 0.3) is 0 Å². The Labute approximate surface area is 183 Å².